The van der Waals surface area contributed by atoms with Crippen molar-refractivity contribution in [2.75, 3.05) is 20.0 Å². The van der Waals surface area contributed by atoms with Gasteiger partial charge in [0, 0.05) is 20.4 Å². The molecule has 0 spiro atoms. The van der Waals surface area contributed by atoms with E-state index in [1.165, 1.54) is 0 Å². The summed E-state index contributed by atoms with van der Waals surface area (Å²) in [7, 11) is 0. The summed E-state index contributed by atoms with van der Waals surface area (Å²) in [6.45, 7) is 5.61. The van der Waals surface area contributed by atoms with Gasteiger partial charge in [-0.25, -0.2) is 0 Å². The van der Waals surface area contributed by atoms with Crippen LogP contribution < -0.4 is 0 Å². The van der Waals surface area contributed by atoms with Crippen LogP contribution in [-0.4, -0.2) is 20.0 Å². The fraction of sp³-hybridized carbons (Fsp3) is 1.00. The molecule has 0 aliphatic heterocycles. The van der Waals surface area contributed by atoms with E-state index in [-0.39, 0.29) is 20.4 Å². The van der Waals surface area contributed by atoms with Gasteiger partial charge in [-0.2, -0.15) is 0 Å². The van der Waals surface area contributed by atoms with Crippen molar-refractivity contribution >= 4 is 27.8 Å². The predicted molar refractivity (Wildman–Crippen MR) is 36.4 cm³/mol. The molecule has 0 saturated heterocycles. The van der Waals surface area contributed by atoms with Crippen LogP contribution in [0.2, 0.25) is 0 Å². The van der Waals surface area contributed by atoms with Crippen LogP contribution in [0.5, 0.6) is 0 Å². The minimum absolute atomic E-state index is 0. The van der Waals surface area contributed by atoms with Gasteiger partial charge in [0.2, 0.25) is 0 Å². The second kappa shape index (κ2) is 2.51. The van der Waals surface area contributed by atoms with Gasteiger partial charge in [0.25, 0.3) is 0 Å². The van der Waals surface area contributed by atoms with E-state index in [1.807, 2.05) is 20.0 Å². The van der Waals surface area contributed by atoms with Crippen molar-refractivity contribution in [2.24, 2.45) is 0 Å². The number of hydrogen-bond donors (Lipinski definition) is 0. The second-order valence-corrected chi connectivity index (χ2v) is 14.9. The van der Waals surface area contributed by atoms with E-state index in [0.717, 1.165) is 0 Å². The Morgan fingerprint density at radius 3 is 1.00 bits per heavy atom. The molecule has 0 rings (SSSR count). The summed E-state index contributed by atoms with van der Waals surface area (Å²) in [4.78, 5) is 0. The van der Waals surface area contributed by atoms with Crippen LogP contribution in [0.4, 0.5) is 0 Å². The zero-order valence-corrected chi connectivity index (χ0v) is 8.48. The van der Waals surface area contributed by atoms with E-state index in [9.17, 15) is 0 Å². The largest absolute Gasteiger partial charge is 0 e. The quantitative estimate of drug-likeness (QED) is 0.460. The standard InChI is InChI=1S/C3H9Cl2P.Pd/c1-6(2,3,4)5;/h1-3H3;. The number of rotatable bonds is 0. The Hall–Kier alpha value is 1.67. The number of hydrogen-bond acceptors (Lipinski definition) is 0. The minimum atomic E-state index is -2.11. The summed E-state index contributed by atoms with van der Waals surface area (Å²) in [5.41, 5.74) is 0. The molecular formula is C3H9Cl2PPd. The molecule has 0 heterocycles. The Labute approximate surface area is 68.1 Å². The van der Waals surface area contributed by atoms with Gasteiger partial charge in [-0.05, 0) is 0 Å². The first kappa shape index (κ1) is 11.5. The molecule has 0 amide bonds. The Kier molecular flexibility index (Phi) is 4.11. The molecule has 50 valence electrons. The fourth-order valence-corrected chi connectivity index (χ4v) is 0. The average molecular weight is 253 g/mol. The maximum absolute atomic E-state index is 5.68. The zero-order valence-electron chi connectivity index (χ0n) is 4.52. The van der Waals surface area contributed by atoms with E-state index < -0.39 is 5.31 Å². The molecule has 0 N–H and O–H groups in total. The first-order valence-electron chi connectivity index (χ1n) is 1.68. The van der Waals surface area contributed by atoms with Crippen LogP contribution in [-0.2, 0) is 20.4 Å². The van der Waals surface area contributed by atoms with Crippen molar-refractivity contribution < 1.29 is 20.4 Å². The third-order valence-corrected chi connectivity index (χ3v) is 0. The fourth-order valence-electron chi connectivity index (χ4n) is 0. The smallest absolute Gasteiger partial charge is 0 e. The summed E-state index contributed by atoms with van der Waals surface area (Å²) < 4.78 is 0. The van der Waals surface area contributed by atoms with Crippen LogP contribution in [0.3, 0.4) is 0 Å². The van der Waals surface area contributed by atoms with Crippen LogP contribution in [0.1, 0.15) is 0 Å². The van der Waals surface area contributed by atoms with Crippen LogP contribution >= 0.6 is 27.8 Å². The molecular weight excluding hydrogens is 244 g/mol. The molecule has 7 heavy (non-hydrogen) atoms. The van der Waals surface area contributed by atoms with E-state index in [1.54, 1.807) is 0 Å². The molecule has 0 unspecified atom stereocenters. The molecule has 0 aliphatic rings. The first-order chi connectivity index (χ1) is 2.24. The van der Waals surface area contributed by atoms with Gasteiger partial charge in [0.05, 0.1) is 0 Å². The third-order valence-electron chi connectivity index (χ3n) is 0. The number of halogens is 2. The van der Waals surface area contributed by atoms with E-state index in [2.05, 4.69) is 0 Å². The van der Waals surface area contributed by atoms with Gasteiger partial charge in [-0.1, -0.05) is 0 Å². The van der Waals surface area contributed by atoms with Gasteiger partial charge in [0.15, 0.2) is 0 Å². The Bertz CT molecular complexity index is 46.1. The van der Waals surface area contributed by atoms with E-state index in [0.29, 0.717) is 0 Å². The summed E-state index contributed by atoms with van der Waals surface area (Å²) in [5, 5.41) is -2.11. The van der Waals surface area contributed by atoms with Crippen molar-refractivity contribution in [3.8, 4) is 0 Å². The molecule has 0 aromatic heterocycles. The van der Waals surface area contributed by atoms with Crippen molar-refractivity contribution in [1.29, 1.82) is 0 Å². The summed E-state index contributed by atoms with van der Waals surface area (Å²) in [5.74, 6) is 0. The third kappa shape index (κ3) is 88.3. The molecule has 0 saturated carbocycles. The van der Waals surface area contributed by atoms with Crippen molar-refractivity contribution in [3.63, 3.8) is 0 Å². The summed E-state index contributed by atoms with van der Waals surface area (Å²) in [6.07, 6.45) is 0. The summed E-state index contributed by atoms with van der Waals surface area (Å²) in [6, 6.07) is 0. The van der Waals surface area contributed by atoms with Gasteiger partial charge in [0.1, 0.15) is 0 Å². The molecule has 0 aromatic rings. The van der Waals surface area contributed by atoms with Crippen LogP contribution in [0.15, 0.2) is 0 Å². The molecule has 0 fully saturated rings. The Balaban J connectivity index is 0. The maximum Gasteiger partial charge on any atom is 0 e. The molecule has 0 aromatic carbocycles. The van der Waals surface area contributed by atoms with Gasteiger partial charge < -0.3 is 0 Å². The topological polar surface area (TPSA) is 0 Å². The van der Waals surface area contributed by atoms with Crippen molar-refractivity contribution in [2.45, 2.75) is 0 Å². The molecule has 4 heteroatoms. The van der Waals surface area contributed by atoms with Crippen molar-refractivity contribution in [3.05, 3.63) is 0 Å². The van der Waals surface area contributed by atoms with E-state index >= 15 is 0 Å². The van der Waals surface area contributed by atoms with Crippen LogP contribution in [0, 0.1) is 0 Å². The first-order valence-corrected chi connectivity index (χ1v) is 7.07. The second-order valence-electron chi connectivity index (χ2n) is 2.42. The molecule has 0 bridgehead atoms. The normalized spacial score (nSPS) is 16.4. The van der Waals surface area contributed by atoms with Gasteiger partial charge >= 0.3 is 47.8 Å². The Morgan fingerprint density at radius 1 is 1.00 bits per heavy atom. The zero-order chi connectivity index (χ0) is 5.45. The van der Waals surface area contributed by atoms with Crippen LogP contribution in [0.25, 0.3) is 0 Å². The monoisotopic (exact) mass is 252 g/mol. The molecule has 0 atom stereocenters. The Morgan fingerprint density at radius 2 is 1.00 bits per heavy atom. The molecule has 0 nitrogen and oxygen atoms in total. The molecule has 0 radical (unpaired) electrons. The minimum Gasteiger partial charge on any atom is 0 e. The van der Waals surface area contributed by atoms with E-state index in [4.69, 9.17) is 22.5 Å². The van der Waals surface area contributed by atoms with Crippen molar-refractivity contribution in [1.82, 2.24) is 0 Å². The predicted octanol–water partition coefficient (Wildman–Crippen LogP) is 2.73. The maximum atomic E-state index is 5.68. The van der Waals surface area contributed by atoms with Gasteiger partial charge in [-0.3, -0.25) is 0 Å². The molecule has 0 aliphatic carbocycles. The average Bonchev–Trinajstić information content (AvgIpc) is 0.650. The van der Waals surface area contributed by atoms with Gasteiger partial charge in [-0.15, -0.1) is 0 Å². The SMILES string of the molecule is CP(C)(C)(Cl)Cl.[Pd]. The summed E-state index contributed by atoms with van der Waals surface area (Å²) >= 11 is 11.4.